The van der Waals surface area contributed by atoms with E-state index in [0.717, 1.165) is 47.1 Å². The van der Waals surface area contributed by atoms with E-state index in [2.05, 4.69) is 20.9 Å². The van der Waals surface area contributed by atoms with Crippen molar-refractivity contribution < 1.29 is 9.53 Å². The molecule has 0 saturated heterocycles. The minimum absolute atomic E-state index is 0.0113. The van der Waals surface area contributed by atoms with E-state index in [0.29, 0.717) is 25.6 Å². The normalized spacial score (nSPS) is 11.6. The number of nitrogens with two attached hydrogens (primary N) is 1. The van der Waals surface area contributed by atoms with Crippen molar-refractivity contribution >= 4 is 33.7 Å². The quantitative estimate of drug-likeness (QED) is 0.553. The monoisotopic (exact) mass is 383 g/mol. The first-order valence-electron chi connectivity index (χ1n) is 9.91. The molecule has 3 N–H and O–H groups in total. The van der Waals surface area contributed by atoms with Crippen molar-refractivity contribution in [3.63, 3.8) is 0 Å². The third-order valence-electron chi connectivity index (χ3n) is 4.76. The molecule has 150 valence electrons. The van der Waals surface area contributed by atoms with Crippen LogP contribution in [0, 0.1) is 5.92 Å². The number of unbranched alkanes of at least 4 members (excludes halogenated alkanes) is 1. The highest BCUT2D eigenvalue weighted by Gasteiger charge is 2.17. The first-order chi connectivity index (χ1) is 13.5. The molecule has 1 aromatic carbocycles. The molecule has 2 aromatic heterocycles. The summed E-state index contributed by atoms with van der Waals surface area (Å²) in [6.45, 7) is 8.28. The van der Waals surface area contributed by atoms with Crippen LogP contribution >= 0.6 is 0 Å². The Bertz CT molecular complexity index is 964. The van der Waals surface area contributed by atoms with Crippen LogP contribution in [0.5, 0.6) is 0 Å². The van der Waals surface area contributed by atoms with Crippen molar-refractivity contribution in [1.82, 2.24) is 19.9 Å². The van der Waals surface area contributed by atoms with E-state index < -0.39 is 0 Å². The topological polar surface area (TPSA) is 95.1 Å². The van der Waals surface area contributed by atoms with E-state index in [1.54, 1.807) is 0 Å². The van der Waals surface area contributed by atoms with Gasteiger partial charge >= 0.3 is 0 Å². The highest BCUT2D eigenvalue weighted by atomic mass is 16.5. The lowest BCUT2D eigenvalue weighted by Crippen LogP contribution is -2.28. The van der Waals surface area contributed by atoms with Crippen LogP contribution in [0.3, 0.4) is 0 Å². The number of nitrogens with zero attached hydrogens (tertiary/aromatic N) is 3. The zero-order valence-electron chi connectivity index (χ0n) is 16.9. The second-order valence-corrected chi connectivity index (χ2v) is 7.18. The smallest absolute Gasteiger partial charge is 0.222 e. The highest BCUT2D eigenvalue weighted by molar-refractivity contribution is 6.06. The summed E-state index contributed by atoms with van der Waals surface area (Å²) in [6, 6.07) is 7.97. The Balaban J connectivity index is 1.87. The zero-order valence-corrected chi connectivity index (χ0v) is 16.9. The second-order valence-electron chi connectivity index (χ2n) is 7.18. The number of nitrogen functional groups attached to an aromatic ring is 1. The van der Waals surface area contributed by atoms with Crippen LogP contribution in [-0.4, -0.2) is 33.6 Å². The summed E-state index contributed by atoms with van der Waals surface area (Å²) < 4.78 is 7.82. The average Bonchev–Trinajstić information content (AvgIpc) is 3.05. The number of hydrogen-bond donors (Lipinski definition) is 2. The molecule has 0 spiro atoms. The zero-order chi connectivity index (χ0) is 20.1. The third kappa shape index (κ3) is 4.25. The number of benzene rings is 1. The van der Waals surface area contributed by atoms with Gasteiger partial charge in [0.15, 0.2) is 5.82 Å². The van der Waals surface area contributed by atoms with Gasteiger partial charge in [0.05, 0.1) is 11.0 Å². The van der Waals surface area contributed by atoms with Gasteiger partial charge in [-0.3, -0.25) is 4.79 Å². The van der Waals surface area contributed by atoms with Crippen LogP contribution in [0.25, 0.3) is 21.9 Å². The van der Waals surface area contributed by atoms with Crippen LogP contribution in [0.15, 0.2) is 24.3 Å². The number of nitrogens with one attached hydrogen (secondary N) is 1. The SMILES string of the molecule is CCOCc1nc2c(N)nc3ccccc3c2n1CCCCNC(=O)C(C)C. The van der Waals surface area contributed by atoms with Crippen molar-refractivity contribution in [2.75, 3.05) is 18.9 Å². The Morgan fingerprint density at radius 1 is 1.25 bits per heavy atom. The second kappa shape index (κ2) is 9.01. The number of para-hydroxylation sites is 1. The molecule has 0 aliphatic rings. The fraction of sp³-hybridized carbons (Fsp3) is 0.476. The lowest BCUT2D eigenvalue weighted by molar-refractivity contribution is -0.123. The molecule has 7 nitrogen and oxygen atoms in total. The number of fused-ring (bicyclic) bond motifs is 3. The number of rotatable bonds is 9. The number of ether oxygens (including phenoxy) is 1. The van der Waals surface area contributed by atoms with Crippen LogP contribution in [0.1, 0.15) is 39.4 Å². The molecule has 3 aromatic rings. The van der Waals surface area contributed by atoms with Gasteiger partial charge in [-0.2, -0.15) is 0 Å². The van der Waals surface area contributed by atoms with Gasteiger partial charge in [0.1, 0.15) is 17.9 Å². The van der Waals surface area contributed by atoms with Gasteiger partial charge < -0.3 is 20.4 Å². The van der Waals surface area contributed by atoms with E-state index in [9.17, 15) is 4.79 Å². The highest BCUT2D eigenvalue weighted by Crippen LogP contribution is 2.29. The van der Waals surface area contributed by atoms with Gasteiger partial charge in [-0.05, 0) is 25.8 Å². The first-order valence-corrected chi connectivity index (χ1v) is 9.91. The van der Waals surface area contributed by atoms with Crippen molar-refractivity contribution in [3.05, 3.63) is 30.1 Å². The van der Waals surface area contributed by atoms with Crippen LogP contribution < -0.4 is 11.1 Å². The first kappa shape index (κ1) is 20.1. The molecule has 0 saturated carbocycles. The number of imidazole rings is 1. The molecule has 0 aliphatic heterocycles. The van der Waals surface area contributed by atoms with E-state index >= 15 is 0 Å². The predicted molar refractivity (Wildman–Crippen MR) is 112 cm³/mol. The van der Waals surface area contributed by atoms with E-state index in [4.69, 9.17) is 15.5 Å². The maximum atomic E-state index is 11.7. The molecular weight excluding hydrogens is 354 g/mol. The summed E-state index contributed by atoms with van der Waals surface area (Å²) in [5, 5.41) is 4.01. The fourth-order valence-corrected chi connectivity index (χ4v) is 3.26. The standard InChI is InChI=1S/C21H29N5O2/c1-4-28-13-17-25-18-19(15-9-5-6-10-16(15)24-20(18)22)26(17)12-8-7-11-23-21(27)14(2)3/h5-6,9-10,14H,4,7-8,11-13H2,1-3H3,(H2,22,24)(H,23,27). The number of pyridine rings is 1. The number of anilines is 1. The van der Waals surface area contributed by atoms with Gasteiger partial charge in [0, 0.05) is 31.0 Å². The molecule has 0 fully saturated rings. The molecule has 1 amide bonds. The number of amides is 1. The summed E-state index contributed by atoms with van der Waals surface area (Å²) >= 11 is 0. The third-order valence-corrected chi connectivity index (χ3v) is 4.76. The Labute approximate surface area is 165 Å². The van der Waals surface area contributed by atoms with E-state index in [-0.39, 0.29) is 11.8 Å². The molecule has 3 rings (SSSR count). The summed E-state index contributed by atoms with van der Waals surface area (Å²) in [5.41, 5.74) is 8.79. The predicted octanol–water partition coefficient (Wildman–Crippen LogP) is 3.26. The minimum atomic E-state index is 0.0113. The van der Waals surface area contributed by atoms with Gasteiger partial charge in [0.25, 0.3) is 0 Å². The Morgan fingerprint density at radius 3 is 2.79 bits per heavy atom. The van der Waals surface area contributed by atoms with Crippen molar-refractivity contribution in [2.45, 2.75) is 46.8 Å². The number of aromatic nitrogens is 3. The molecule has 2 heterocycles. The number of carbonyl (C=O) groups is 1. The average molecular weight is 383 g/mol. The van der Waals surface area contributed by atoms with Gasteiger partial charge in [-0.1, -0.05) is 32.0 Å². The number of carbonyl (C=O) groups excluding carboxylic acids is 1. The molecule has 0 bridgehead atoms. The van der Waals surface area contributed by atoms with Gasteiger partial charge in [-0.15, -0.1) is 0 Å². The van der Waals surface area contributed by atoms with Crippen molar-refractivity contribution in [3.8, 4) is 0 Å². The Morgan fingerprint density at radius 2 is 2.04 bits per heavy atom. The maximum Gasteiger partial charge on any atom is 0.222 e. The van der Waals surface area contributed by atoms with E-state index in [1.807, 2.05) is 39.0 Å². The van der Waals surface area contributed by atoms with Crippen LogP contribution in [0.2, 0.25) is 0 Å². The summed E-state index contributed by atoms with van der Waals surface area (Å²) in [7, 11) is 0. The molecule has 0 aliphatic carbocycles. The molecule has 0 unspecified atom stereocenters. The van der Waals surface area contributed by atoms with Crippen LogP contribution in [-0.2, 0) is 22.7 Å². The molecule has 0 radical (unpaired) electrons. The molecule has 7 heteroatoms. The van der Waals surface area contributed by atoms with Crippen LogP contribution in [0.4, 0.5) is 5.82 Å². The number of hydrogen-bond acceptors (Lipinski definition) is 5. The molecular formula is C21H29N5O2. The summed E-state index contributed by atoms with van der Waals surface area (Å²) in [6.07, 6.45) is 1.81. The van der Waals surface area contributed by atoms with Crippen molar-refractivity contribution in [2.24, 2.45) is 5.92 Å². The van der Waals surface area contributed by atoms with E-state index in [1.165, 1.54) is 0 Å². The lowest BCUT2D eigenvalue weighted by atomic mass is 10.2. The summed E-state index contributed by atoms with van der Waals surface area (Å²) in [4.78, 5) is 20.9. The lowest BCUT2D eigenvalue weighted by Gasteiger charge is -2.12. The summed E-state index contributed by atoms with van der Waals surface area (Å²) in [5.74, 6) is 1.40. The Hall–Kier alpha value is -2.67. The van der Waals surface area contributed by atoms with Gasteiger partial charge in [0.2, 0.25) is 5.91 Å². The fourth-order valence-electron chi connectivity index (χ4n) is 3.26. The Kier molecular flexibility index (Phi) is 6.46. The van der Waals surface area contributed by atoms with Gasteiger partial charge in [-0.25, -0.2) is 9.97 Å². The number of aryl methyl sites for hydroxylation is 1. The molecule has 28 heavy (non-hydrogen) atoms. The van der Waals surface area contributed by atoms with Crippen molar-refractivity contribution in [1.29, 1.82) is 0 Å². The largest absolute Gasteiger partial charge is 0.382 e. The molecule has 0 atom stereocenters. The maximum absolute atomic E-state index is 11.7. The minimum Gasteiger partial charge on any atom is -0.382 e.